The van der Waals surface area contributed by atoms with Gasteiger partial charge in [-0.3, -0.25) is 4.99 Å². The summed E-state index contributed by atoms with van der Waals surface area (Å²) in [5.74, 6) is 0. The van der Waals surface area contributed by atoms with Gasteiger partial charge < -0.3 is 5.32 Å². The fourth-order valence-corrected chi connectivity index (χ4v) is 0.986. The molecule has 0 bridgehead atoms. The second kappa shape index (κ2) is 4.88. The molecule has 2 nitrogen and oxygen atoms in total. The van der Waals surface area contributed by atoms with Gasteiger partial charge in [-0.1, -0.05) is 19.9 Å². The Bertz CT molecular complexity index is 212. The molecule has 66 valence electrons. The van der Waals surface area contributed by atoms with E-state index in [1.165, 1.54) is 5.57 Å². The molecule has 0 fully saturated rings. The summed E-state index contributed by atoms with van der Waals surface area (Å²) in [5.41, 5.74) is 1.32. The molecule has 1 heterocycles. The molecule has 0 spiro atoms. The maximum Gasteiger partial charge on any atom is 0.0267 e. The number of allylic oxidation sites excluding steroid dienone is 1. The zero-order valence-electron chi connectivity index (χ0n) is 7.75. The van der Waals surface area contributed by atoms with E-state index in [0.717, 1.165) is 13.0 Å². The molecule has 0 aliphatic carbocycles. The highest BCUT2D eigenvalue weighted by Crippen LogP contribution is 2.01. The van der Waals surface area contributed by atoms with Crippen molar-refractivity contribution < 1.29 is 0 Å². The van der Waals surface area contributed by atoms with Gasteiger partial charge in [0.15, 0.2) is 0 Å². The number of nitrogens with zero attached hydrogens (tertiary/aromatic N) is 1. The van der Waals surface area contributed by atoms with E-state index in [9.17, 15) is 0 Å². The highest BCUT2D eigenvalue weighted by molar-refractivity contribution is 5.61. The van der Waals surface area contributed by atoms with E-state index in [1.807, 2.05) is 12.4 Å². The lowest BCUT2D eigenvalue weighted by Gasteiger charge is -2.07. The summed E-state index contributed by atoms with van der Waals surface area (Å²) in [6, 6.07) is 0.545. The van der Waals surface area contributed by atoms with E-state index in [2.05, 4.69) is 36.3 Å². The van der Waals surface area contributed by atoms with Gasteiger partial charge in [0, 0.05) is 31.4 Å². The minimum Gasteiger partial charge on any atom is -0.310 e. The van der Waals surface area contributed by atoms with Crippen LogP contribution in [-0.4, -0.2) is 18.8 Å². The Morgan fingerprint density at radius 2 is 2.42 bits per heavy atom. The maximum atomic E-state index is 4.06. The minimum atomic E-state index is 0.545. The number of hydrogen-bond donors (Lipinski definition) is 1. The molecule has 1 rings (SSSR count). The summed E-state index contributed by atoms with van der Waals surface area (Å²) < 4.78 is 0. The van der Waals surface area contributed by atoms with Gasteiger partial charge in [0.1, 0.15) is 0 Å². The topological polar surface area (TPSA) is 24.4 Å². The lowest BCUT2D eigenvalue weighted by molar-refractivity contribution is 0.625. The van der Waals surface area contributed by atoms with Crippen molar-refractivity contribution in [2.45, 2.75) is 26.3 Å². The zero-order valence-corrected chi connectivity index (χ0v) is 7.75. The van der Waals surface area contributed by atoms with E-state index < -0.39 is 0 Å². The number of nitrogens with one attached hydrogen (secondary N) is 1. The third kappa shape index (κ3) is 3.49. The molecule has 0 aromatic rings. The Morgan fingerprint density at radius 1 is 1.58 bits per heavy atom. The van der Waals surface area contributed by atoms with Crippen molar-refractivity contribution >= 4 is 6.21 Å². The lowest BCUT2D eigenvalue weighted by Crippen LogP contribution is -2.24. The Kier molecular flexibility index (Phi) is 3.74. The van der Waals surface area contributed by atoms with Gasteiger partial charge in [0.25, 0.3) is 0 Å². The van der Waals surface area contributed by atoms with Gasteiger partial charge in [-0.15, -0.1) is 0 Å². The average Bonchev–Trinajstić information content (AvgIpc) is 2.28. The first-order chi connectivity index (χ1) is 5.79. The molecule has 1 aliphatic rings. The Morgan fingerprint density at radius 3 is 3.17 bits per heavy atom. The highest BCUT2D eigenvalue weighted by Gasteiger charge is 1.95. The smallest absolute Gasteiger partial charge is 0.0267 e. The SMILES string of the molecule is CC(C)NCC1=CCC=NC=C1. The van der Waals surface area contributed by atoms with Crippen LogP contribution in [0.1, 0.15) is 20.3 Å². The van der Waals surface area contributed by atoms with Crippen molar-refractivity contribution in [2.24, 2.45) is 4.99 Å². The van der Waals surface area contributed by atoms with Crippen molar-refractivity contribution in [1.29, 1.82) is 0 Å². The largest absolute Gasteiger partial charge is 0.310 e. The van der Waals surface area contributed by atoms with Crippen molar-refractivity contribution in [2.75, 3.05) is 6.54 Å². The summed E-state index contributed by atoms with van der Waals surface area (Å²) in [7, 11) is 0. The third-order valence-electron chi connectivity index (χ3n) is 1.68. The Balaban J connectivity index is 2.37. The van der Waals surface area contributed by atoms with Crippen LogP contribution < -0.4 is 5.32 Å². The number of aliphatic imine (C=N–C) groups is 1. The second-order valence-corrected chi connectivity index (χ2v) is 3.20. The first-order valence-electron chi connectivity index (χ1n) is 4.39. The van der Waals surface area contributed by atoms with Crippen LogP contribution in [0.5, 0.6) is 0 Å². The van der Waals surface area contributed by atoms with Crippen LogP contribution in [0.15, 0.2) is 28.9 Å². The molecule has 0 amide bonds. The molecule has 0 saturated carbocycles. The highest BCUT2D eigenvalue weighted by atomic mass is 14.9. The predicted molar refractivity (Wildman–Crippen MR) is 53.5 cm³/mol. The van der Waals surface area contributed by atoms with Crippen molar-refractivity contribution in [3.8, 4) is 0 Å². The van der Waals surface area contributed by atoms with Gasteiger partial charge in [-0.05, 0) is 11.6 Å². The molecule has 0 aromatic heterocycles. The molecular weight excluding hydrogens is 148 g/mol. The third-order valence-corrected chi connectivity index (χ3v) is 1.68. The molecule has 1 aliphatic heterocycles. The van der Waals surface area contributed by atoms with Gasteiger partial charge >= 0.3 is 0 Å². The first kappa shape index (κ1) is 9.20. The van der Waals surface area contributed by atoms with Gasteiger partial charge in [0.05, 0.1) is 0 Å². The fourth-order valence-electron chi connectivity index (χ4n) is 0.986. The molecule has 0 unspecified atom stereocenters. The number of rotatable bonds is 3. The normalized spacial score (nSPS) is 16.4. The molecule has 0 radical (unpaired) electrons. The fraction of sp³-hybridized carbons (Fsp3) is 0.500. The Hall–Kier alpha value is -0.890. The maximum absolute atomic E-state index is 4.06. The molecular formula is C10H16N2. The van der Waals surface area contributed by atoms with E-state index in [-0.39, 0.29) is 0 Å². The standard InChI is InChI=1S/C10H16N2/c1-9(2)12-8-10-4-3-6-11-7-5-10/h4-7,9,12H,3,8H2,1-2H3. The second-order valence-electron chi connectivity index (χ2n) is 3.20. The first-order valence-corrected chi connectivity index (χ1v) is 4.39. The Labute approximate surface area is 74.1 Å². The van der Waals surface area contributed by atoms with Crippen LogP contribution in [0.25, 0.3) is 0 Å². The van der Waals surface area contributed by atoms with Crippen molar-refractivity contribution in [1.82, 2.24) is 5.32 Å². The van der Waals surface area contributed by atoms with Crippen molar-refractivity contribution in [3.05, 3.63) is 23.9 Å². The van der Waals surface area contributed by atoms with Gasteiger partial charge in [-0.2, -0.15) is 0 Å². The molecule has 12 heavy (non-hydrogen) atoms. The van der Waals surface area contributed by atoms with Crippen LogP contribution in [0.2, 0.25) is 0 Å². The number of hydrogen-bond acceptors (Lipinski definition) is 2. The van der Waals surface area contributed by atoms with Crippen LogP contribution in [-0.2, 0) is 0 Å². The van der Waals surface area contributed by atoms with Gasteiger partial charge in [-0.25, -0.2) is 0 Å². The molecule has 0 aromatic carbocycles. The molecule has 2 heteroatoms. The molecule has 1 N–H and O–H groups in total. The zero-order chi connectivity index (χ0) is 8.81. The van der Waals surface area contributed by atoms with Crippen molar-refractivity contribution in [3.63, 3.8) is 0 Å². The van der Waals surface area contributed by atoms with Crippen LogP contribution >= 0.6 is 0 Å². The van der Waals surface area contributed by atoms with E-state index >= 15 is 0 Å². The molecule has 0 saturated heterocycles. The summed E-state index contributed by atoms with van der Waals surface area (Å²) >= 11 is 0. The summed E-state index contributed by atoms with van der Waals surface area (Å²) in [4.78, 5) is 4.06. The van der Waals surface area contributed by atoms with Crippen LogP contribution in [0.3, 0.4) is 0 Å². The quantitative estimate of drug-likeness (QED) is 0.677. The van der Waals surface area contributed by atoms with Gasteiger partial charge in [0.2, 0.25) is 0 Å². The summed E-state index contributed by atoms with van der Waals surface area (Å²) in [6.07, 6.45) is 8.96. The van der Waals surface area contributed by atoms with E-state index in [4.69, 9.17) is 0 Å². The van der Waals surface area contributed by atoms with E-state index in [1.54, 1.807) is 0 Å². The lowest BCUT2D eigenvalue weighted by atomic mass is 10.2. The van der Waals surface area contributed by atoms with Crippen LogP contribution in [0.4, 0.5) is 0 Å². The predicted octanol–water partition coefficient (Wildman–Crippen LogP) is 1.90. The molecule has 0 atom stereocenters. The van der Waals surface area contributed by atoms with E-state index in [0.29, 0.717) is 6.04 Å². The summed E-state index contributed by atoms with van der Waals surface area (Å²) in [6.45, 7) is 5.24. The minimum absolute atomic E-state index is 0.545. The monoisotopic (exact) mass is 164 g/mol. The summed E-state index contributed by atoms with van der Waals surface area (Å²) in [5, 5.41) is 3.37. The average molecular weight is 164 g/mol. The van der Waals surface area contributed by atoms with Crippen LogP contribution in [0, 0.1) is 0 Å².